The Morgan fingerprint density at radius 3 is 1.53 bits per heavy atom. The summed E-state index contributed by atoms with van der Waals surface area (Å²) in [4.78, 5) is 0. The second kappa shape index (κ2) is 11.1. The van der Waals surface area contributed by atoms with Crippen molar-refractivity contribution in [3.63, 3.8) is 0 Å². The Balaban J connectivity index is 3.37. The van der Waals surface area contributed by atoms with Gasteiger partial charge in [-0.3, -0.25) is 0 Å². The van der Waals surface area contributed by atoms with E-state index in [9.17, 15) is 0 Å². The van der Waals surface area contributed by atoms with Crippen LogP contribution >= 0.6 is 0 Å². The largest absolute Gasteiger partial charge is 0.0654 e. The predicted molar refractivity (Wildman–Crippen MR) is 80.1 cm³/mol. The van der Waals surface area contributed by atoms with Gasteiger partial charge in [0.05, 0.1) is 0 Å². The monoisotopic (exact) mass is 239 g/mol. The first-order chi connectivity index (χ1) is 8.10. The van der Waals surface area contributed by atoms with Gasteiger partial charge in [-0.15, -0.1) is 0 Å². The zero-order valence-corrected chi connectivity index (χ0v) is 12.8. The van der Waals surface area contributed by atoms with Crippen molar-refractivity contribution in [3.8, 4) is 0 Å². The molecule has 1 radical (unpaired) electrons. The van der Waals surface area contributed by atoms with Crippen molar-refractivity contribution in [2.45, 2.75) is 85.5 Å². The zero-order valence-electron chi connectivity index (χ0n) is 12.8. The second-order valence-electron chi connectivity index (χ2n) is 6.25. The van der Waals surface area contributed by atoms with E-state index in [0.717, 1.165) is 24.2 Å². The zero-order chi connectivity index (χ0) is 13.1. The Bertz CT molecular complexity index is 150. The van der Waals surface area contributed by atoms with E-state index in [-0.39, 0.29) is 0 Å². The molecule has 0 aliphatic heterocycles. The summed E-state index contributed by atoms with van der Waals surface area (Å²) in [5.41, 5.74) is 0. The summed E-state index contributed by atoms with van der Waals surface area (Å²) in [7, 11) is 0. The van der Waals surface area contributed by atoms with Crippen molar-refractivity contribution in [1.82, 2.24) is 0 Å². The van der Waals surface area contributed by atoms with E-state index < -0.39 is 0 Å². The van der Waals surface area contributed by atoms with Crippen LogP contribution < -0.4 is 0 Å². The molecule has 0 aromatic rings. The fourth-order valence-electron chi connectivity index (χ4n) is 2.56. The molecule has 103 valence electrons. The highest BCUT2D eigenvalue weighted by Crippen LogP contribution is 2.21. The van der Waals surface area contributed by atoms with Crippen LogP contribution in [-0.2, 0) is 0 Å². The van der Waals surface area contributed by atoms with Crippen molar-refractivity contribution < 1.29 is 0 Å². The first-order valence-electron chi connectivity index (χ1n) is 7.89. The van der Waals surface area contributed by atoms with E-state index >= 15 is 0 Å². The van der Waals surface area contributed by atoms with Crippen LogP contribution in [0.25, 0.3) is 0 Å². The standard InChI is InChI=1S/C17H35/c1-6-10-16(4)12-9-14-17(5)13-8-11-15(3)7-2/h15-17H,2,6-14H2,1,3-5H3. The smallest absolute Gasteiger partial charge is 0.0443 e. The molecule has 0 nitrogen and oxygen atoms in total. The van der Waals surface area contributed by atoms with Gasteiger partial charge in [-0.2, -0.15) is 0 Å². The molecule has 0 bridgehead atoms. The predicted octanol–water partition coefficient (Wildman–Crippen LogP) is 6.26. The Labute approximate surface area is 111 Å². The van der Waals surface area contributed by atoms with Crippen LogP contribution in [0.2, 0.25) is 0 Å². The van der Waals surface area contributed by atoms with E-state index in [1.54, 1.807) is 0 Å². The summed E-state index contributed by atoms with van der Waals surface area (Å²) in [5.74, 6) is 2.70. The average Bonchev–Trinajstić information content (AvgIpc) is 2.29. The molecule has 0 aromatic heterocycles. The van der Waals surface area contributed by atoms with Gasteiger partial charge in [0, 0.05) is 0 Å². The summed E-state index contributed by atoms with van der Waals surface area (Å²) < 4.78 is 0. The van der Waals surface area contributed by atoms with Crippen LogP contribution in [0.4, 0.5) is 0 Å². The molecule has 0 heterocycles. The Morgan fingerprint density at radius 2 is 1.12 bits per heavy atom. The third-order valence-electron chi connectivity index (χ3n) is 4.06. The van der Waals surface area contributed by atoms with E-state index in [1.807, 2.05) is 0 Å². The highest BCUT2D eigenvalue weighted by atomic mass is 14.1. The van der Waals surface area contributed by atoms with Gasteiger partial charge in [0.25, 0.3) is 0 Å². The fraction of sp³-hybridized carbons (Fsp3) is 0.941. The summed E-state index contributed by atoms with van der Waals surface area (Å²) in [6.07, 6.45) is 12.4. The molecule has 0 N–H and O–H groups in total. The molecule has 0 amide bonds. The molecule has 0 spiro atoms. The average molecular weight is 239 g/mol. The van der Waals surface area contributed by atoms with Gasteiger partial charge in [-0.05, 0) is 17.8 Å². The summed E-state index contributed by atoms with van der Waals surface area (Å²) in [5, 5.41) is 0. The molecule has 3 atom stereocenters. The lowest BCUT2D eigenvalue weighted by Gasteiger charge is -2.15. The third kappa shape index (κ3) is 10.9. The molecule has 0 aliphatic carbocycles. The van der Waals surface area contributed by atoms with Crippen LogP contribution in [0, 0.1) is 24.7 Å². The normalized spacial score (nSPS) is 16.8. The van der Waals surface area contributed by atoms with Crippen molar-refractivity contribution in [1.29, 1.82) is 0 Å². The third-order valence-corrected chi connectivity index (χ3v) is 4.06. The summed E-state index contributed by atoms with van der Waals surface area (Å²) >= 11 is 0. The minimum Gasteiger partial charge on any atom is -0.0654 e. The topological polar surface area (TPSA) is 0 Å². The molecule has 3 unspecified atom stereocenters. The molecule has 0 saturated carbocycles. The number of hydrogen-bond acceptors (Lipinski definition) is 0. The minimum absolute atomic E-state index is 0.826. The van der Waals surface area contributed by atoms with Gasteiger partial charge in [-0.25, -0.2) is 0 Å². The van der Waals surface area contributed by atoms with Crippen molar-refractivity contribution in [3.05, 3.63) is 6.92 Å². The van der Waals surface area contributed by atoms with E-state index in [0.29, 0.717) is 0 Å². The molecule has 0 aliphatic rings. The maximum absolute atomic E-state index is 3.97. The highest BCUT2D eigenvalue weighted by Gasteiger charge is 2.06. The molecule has 0 saturated heterocycles. The van der Waals surface area contributed by atoms with Crippen LogP contribution in [0.5, 0.6) is 0 Å². The van der Waals surface area contributed by atoms with E-state index in [1.165, 1.54) is 51.4 Å². The van der Waals surface area contributed by atoms with Gasteiger partial charge in [0.1, 0.15) is 0 Å². The van der Waals surface area contributed by atoms with Gasteiger partial charge in [-0.1, -0.05) is 92.4 Å². The maximum Gasteiger partial charge on any atom is -0.0443 e. The van der Waals surface area contributed by atoms with Crippen molar-refractivity contribution in [2.75, 3.05) is 0 Å². The van der Waals surface area contributed by atoms with Gasteiger partial charge >= 0.3 is 0 Å². The molecule has 0 fully saturated rings. The first kappa shape index (κ1) is 17.0. The Morgan fingerprint density at radius 1 is 0.706 bits per heavy atom. The lowest BCUT2D eigenvalue weighted by atomic mass is 9.92. The summed E-state index contributed by atoms with van der Waals surface area (Å²) in [6, 6.07) is 0. The molecule has 17 heavy (non-hydrogen) atoms. The molecular weight excluding hydrogens is 204 g/mol. The van der Waals surface area contributed by atoms with Gasteiger partial charge in [0.2, 0.25) is 0 Å². The van der Waals surface area contributed by atoms with E-state index in [2.05, 4.69) is 34.6 Å². The Hall–Kier alpha value is 0. The fourth-order valence-corrected chi connectivity index (χ4v) is 2.56. The van der Waals surface area contributed by atoms with Gasteiger partial charge in [0.15, 0.2) is 0 Å². The lowest BCUT2D eigenvalue weighted by molar-refractivity contribution is 0.387. The summed E-state index contributed by atoms with van der Waals surface area (Å²) in [6.45, 7) is 13.4. The van der Waals surface area contributed by atoms with E-state index in [4.69, 9.17) is 0 Å². The first-order valence-corrected chi connectivity index (χ1v) is 7.89. The van der Waals surface area contributed by atoms with Crippen molar-refractivity contribution >= 4 is 0 Å². The number of rotatable bonds is 11. The molecule has 0 heteroatoms. The lowest BCUT2D eigenvalue weighted by Crippen LogP contribution is -2.00. The molecule has 0 aromatic carbocycles. The second-order valence-corrected chi connectivity index (χ2v) is 6.25. The SMILES string of the molecule is [CH2]CC(C)CCCC(C)CCCC(C)CCC. The van der Waals surface area contributed by atoms with Crippen LogP contribution in [-0.4, -0.2) is 0 Å². The number of hydrogen-bond donors (Lipinski definition) is 0. The van der Waals surface area contributed by atoms with Crippen LogP contribution in [0.1, 0.15) is 85.5 Å². The molecule has 0 rings (SSSR count). The van der Waals surface area contributed by atoms with Gasteiger partial charge < -0.3 is 0 Å². The van der Waals surface area contributed by atoms with Crippen LogP contribution in [0.15, 0.2) is 0 Å². The van der Waals surface area contributed by atoms with Crippen LogP contribution in [0.3, 0.4) is 0 Å². The Kier molecular flexibility index (Phi) is 11.1. The quantitative estimate of drug-likeness (QED) is 0.399. The van der Waals surface area contributed by atoms with Crippen molar-refractivity contribution in [2.24, 2.45) is 17.8 Å². The highest BCUT2D eigenvalue weighted by molar-refractivity contribution is 4.60. The maximum atomic E-state index is 3.97. The molecular formula is C17H35. The minimum atomic E-state index is 0.826.